The summed E-state index contributed by atoms with van der Waals surface area (Å²) in [6.07, 6.45) is 8.93. The van der Waals surface area contributed by atoms with Gasteiger partial charge in [-0.15, -0.1) is 10.2 Å². The molecule has 5 nitrogen and oxygen atoms in total. The molecule has 7 heteroatoms. The number of aromatic nitrogens is 3. The largest absolute Gasteiger partial charge is 0.367 e. The summed E-state index contributed by atoms with van der Waals surface area (Å²) in [4.78, 5) is 5.13. The van der Waals surface area contributed by atoms with E-state index in [2.05, 4.69) is 38.5 Å². The first kappa shape index (κ1) is 22.2. The highest BCUT2D eigenvalue weighted by atomic mass is 32.2. The summed E-state index contributed by atoms with van der Waals surface area (Å²) in [6, 6.07) is 7.56. The molecule has 2 aliphatic heterocycles. The van der Waals surface area contributed by atoms with Crippen molar-refractivity contribution in [2.75, 3.05) is 36.8 Å². The molecule has 3 heterocycles. The molecular formula is C25H36FN5S. The summed E-state index contributed by atoms with van der Waals surface area (Å²) in [6.45, 7) is 6.90. The normalized spacial score (nSPS) is 26.7. The summed E-state index contributed by atoms with van der Waals surface area (Å²) in [7, 11) is 2.14. The van der Waals surface area contributed by atoms with Gasteiger partial charge in [-0.2, -0.15) is 0 Å². The van der Waals surface area contributed by atoms with Crippen molar-refractivity contribution in [3.8, 4) is 0 Å². The van der Waals surface area contributed by atoms with E-state index in [1.54, 1.807) is 12.1 Å². The lowest BCUT2D eigenvalue weighted by Crippen LogP contribution is -2.37. The van der Waals surface area contributed by atoms with Gasteiger partial charge in [-0.25, -0.2) is 4.39 Å². The molecule has 1 saturated carbocycles. The molecule has 2 aromatic rings. The maximum absolute atomic E-state index is 13.4. The molecule has 2 atom stereocenters. The second kappa shape index (κ2) is 9.34. The Morgan fingerprint density at radius 2 is 1.91 bits per heavy atom. The number of anilines is 1. The van der Waals surface area contributed by atoms with Crippen molar-refractivity contribution in [1.82, 2.24) is 19.7 Å². The zero-order chi connectivity index (χ0) is 22.1. The first-order valence-electron chi connectivity index (χ1n) is 12.3. The fourth-order valence-electron chi connectivity index (χ4n) is 6.13. The molecule has 0 unspecified atom stereocenters. The van der Waals surface area contributed by atoms with Gasteiger partial charge < -0.3 is 14.4 Å². The summed E-state index contributed by atoms with van der Waals surface area (Å²) in [5.41, 5.74) is 1.49. The number of hydrogen-bond acceptors (Lipinski definition) is 5. The summed E-state index contributed by atoms with van der Waals surface area (Å²) >= 11 is 1.85. The number of nitrogens with zero attached hydrogens (tertiary/aromatic N) is 5. The van der Waals surface area contributed by atoms with Crippen molar-refractivity contribution in [2.45, 2.75) is 69.0 Å². The Kier molecular flexibility index (Phi) is 6.48. The second-order valence-electron chi connectivity index (χ2n) is 10.3. The minimum atomic E-state index is -0.157. The lowest BCUT2D eigenvalue weighted by Gasteiger charge is -2.29. The van der Waals surface area contributed by atoms with Gasteiger partial charge in [0, 0.05) is 55.5 Å². The Bertz CT molecular complexity index is 910. The number of benzene rings is 1. The predicted octanol–water partition coefficient (Wildman–Crippen LogP) is 5.08. The van der Waals surface area contributed by atoms with E-state index in [1.807, 2.05) is 23.9 Å². The molecule has 1 aromatic carbocycles. The molecule has 32 heavy (non-hydrogen) atoms. The van der Waals surface area contributed by atoms with E-state index in [0.717, 1.165) is 49.2 Å². The summed E-state index contributed by atoms with van der Waals surface area (Å²) in [5.74, 6) is 2.71. The fraction of sp³-hybridized carbons (Fsp3) is 0.680. The van der Waals surface area contributed by atoms with Crippen molar-refractivity contribution in [2.24, 2.45) is 12.5 Å². The Morgan fingerprint density at radius 1 is 1.12 bits per heavy atom. The van der Waals surface area contributed by atoms with Crippen molar-refractivity contribution >= 4 is 17.4 Å². The van der Waals surface area contributed by atoms with E-state index in [1.165, 1.54) is 44.3 Å². The SMILES string of the molecule is Cn1c(SCCCN2C[C@@H]3N(c4ccc(F)cc4)CC[C@]3(C)C2)nnc1C1CCCCC1. The Hall–Kier alpha value is -1.60. The first-order chi connectivity index (χ1) is 15.5. The predicted molar refractivity (Wildman–Crippen MR) is 129 cm³/mol. The highest BCUT2D eigenvalue weighted by Gasteiger charge is 2.49. The van der Waals surface area contributed by atoms with Gasteiger partial charge in [0.05, 0.1) is 0 Å². The van der Waals surface area contributed by atoms with E-state index in [4.69, 9.17) is 0 Å². The zero-order valence-corrected chi connectivity index (χ0v) is 20.3. The average Bonchev–Trinajstić information content (AvgIpc) is 3.43. The fourth-order valence-corrected chi connectivity index (χ4v) is 6.97. The van der Waals surface area contributed by atoms with Crippen LogP contribution in [0, 0.1) is 11.2 Å². The van der Waals surface area contributed by atoms with Gasteiger partial charge >= 0.3 is 0 Å². The Balaban J connectivity index is 1.11. The lowest BCUT2D eigenvalue weighted by atomic mass is 9.85. The standard InChI is InChI=1S/C25H36FN5S/c1-25-13-15-31(21-11-9-20(26)10-12-21)22(25)17-30(18-25)14-6-16-32-24-28-27-23(29(24)2)19-7-4-3-5-8-19/h9-12,19,22H,3-8,13-18H2,1-2H3/t22-,25+/m0/s1. The smallest absolute Gasteiger partial charge is 0.190 e. The molecule has 3 aliphatic rings. The third kappa shape index (κ3) is 4.43. The molecule has 0 spiro atoms. The van der Waals surface area contributed by atoms with Crippen LogP contribution in [0.4, 0.5) is 10.1 Å². The molecule has 174 valence electrons. The third-order valence-electron chi connectivity index (χ3n) is 7.97. The number of halogens is 1. The number of likely N-dealkylation sites (tertiary alicyclic amines) is 1. The van der Waals surface area contributed by atoms with Crippen LogP contribution in [-0.2, 0) is 7.05 Å². The molecule has 3 fully saturated rings. The van der Waals surface area contributed by atoms with E-state index in [0.29, 0.717) is 17.4 Å². The van der Waals surface area contributed by atoms with Gasteiger partial charge in [-0.1, -0.05) is 37.9 Å². The summed E-state index contributed by atoms with van der Waals surface area (Å²) in [5, 5.41) is 10.1. The van der Waals surface area contributed by atoms with Crippen LogP contribution in [0.15, 0.2) is 29.4 Å². The van der Waals surface area contributed by atoms with E-state index >= 15 is 0 Å². The van der Waals surface area contributed by atoms with Gasteiger partial charge in [0.25, 0.3) is 0 Å². The van der Waals surface area contributed by atoms with Gasteiger partial charge in [-0.3, -0.25) is 0 Å². The van der Waals surface area contributed by atoms with Crippen LogP contribution >= 0.6 is 11.8 Å². The quantitative estimate of drug-likeness (QED) is 0.428. The lowest BCUT2D eigenvalue weighted by molar-refractivity contribution is 0.276. The van der Waals surface area contributed by atoms with Gasteiger partial charge in [-0.05, 0) is 56.5 Å². The maximum Gasteiger partial charge on any atom is 0.190 e. The average molecular weight is 458 g/mol. The minimum absolute atomic E-state index is 0.157. The third-order valence-corrected chi connectivity index (χ3v) is 9.07. The molecular weight excluding hydrogens is 421 g/mol. The highest BCUT2D eigenvalue weighted by Crippen LogP contribution is 2.44. The highest BCUT2D eigenvalue weighted by molar-refractivity contribution is 7.99. The Labute approximate surface area is 195 Å². The summed E-state index contributed by atoms with van der Waals surface area (Å²) < 4.78 is 15.6. The molecule has 1 aliphatic carbocycles. The van der Waals surface area contributed by atoms with E-state index < -0.39 is 0 Å². The van der Waals surface area contributed by atoms with Crippen LogP contribution in [0.5, 0.6) is 0 Å². The van der Waals surface area contributed by atoms with Crippen LogP contribution in [0.1, 0.15) is 63.6 Å². The Morgan fingerprint density at radius 3 is 2.69 bits per heavy atom. The van der Waals surface area contributed by atoms with E-state index in [9.17, 15) is 4.39 Å². The van der Waals surface area contributed by atoms with E-state index in [-0.39, 0.29) is 5.82 Å². The van der Waals surface area contributed by atoms with Crippen LogP contribution in [0.2, 0.25) is 0 Å². The van der Waals surface area contributed by atoms with Gasteiger partial charge in [0.1, 0.15) is 11.6 Å². The second-order valence-corrected chi connectivity index (χ2v) is 11.3. The molecule has 0 radical (unpaired) electrons. The monoisotopic (exact) mass is 457 g/mol. The topological polar surface area (TPSA) is 37.2 Å². The number of hydrogen-bond donors (Lipinski definition) is 0. The molecule has 0 bridgehead atoms. The number of thioether (sulfide) groups is 1. The van der Waals surface area contributed by atoms with Crippen LogP contribution in [0.3, 0.4) is 0 Å². The van der Waals surface area contributed by atoms with Crippen LogP contribution in [0.25, 0.3) is 0 Å². The van der Waals surface area contributed by atoms with Crippen molar-refractivity contribution in [1.29, 1.82) is 0 Å². The molecule has 5 rings (SSSR count). The van der Waals surface area contributed by atoms with Gasteiger partial charge in [0.15, 0.2) is 5.16 Å². The first-order valence-corrected chi connectivity index (χ1v) is 13.3. The zero-order valence-electron chi connectivity index (χ0n) is 19.5. The molecule has 0 N–H and O–H groups in total. The van der Waals surface area contributed by atoms with Crippen LogP contribution in [-0.4, -0.2) is 57.6 Å². The molecule has 2 saturated heterocycles. The van der Waals surface area contributed by atoms with Crippen molar-refractivity contribution < 1.29 is 4.39 Å². The maximum atomic E-state index is 13.4. The van der Waals surface area contributed by atoms with Crippen molar-refractivity contribution in [3.05, 3.63) is 35.9 Å². The van der Waals surface area contributed by atoms with Gasteiger partial charge in [0.2, 0.25) is 0 Å². The molecule has 0 amide bonds. The number of fused-ring (bicyclic) bond motifs is 1. The van der Waals surface area contributed by atoms with Crippen molar-refractivity contribution in [3.63, 3.8) is 0 Å². The van der Waals surface area contributed by atoms with Crippen LogP contribution < -0.4 is 4.90 Å². The minimum Gasteiger partial charge on any atom is -0.367 e. The molecule has 1 aromatic heterocycles. The number of rotatable bonds is 7.